The second-order valence-corrected chi connectivity index (χ2v) is 3.45. The lowest BCUT2D eigenvalue weighted by Crippen LogP contribution is -2.26. The molecule has 0 radical (unpaired) electrons. The molecule has 0 heterocycles. The van der Waals surface area contributed by atoms with Crippen LogP contribution in [0.2, 0.25) is 0 Å². The largest absolute Gasteiger partial charge is 0.381 e. The molecule has 72 valence electrons. The topological polar surface area (TPSA) is 38.7 Å². The Morgan fingerprint density at radius 1 is 1.62 bits per heavy atom. The molecule has 0 aromatic rings. The number of carbonyl (C=O) groups is 1. The van der Waals surface area contributed by atoms with E-state index in [1.54, 1.807) is 7.11 Å². The first kappa shape index (κ1) is 10.5. The lowest BCUT2D eigenvalue weighted by atomic mass is 9.87. The molecule has 0 saturated heterocycles. The maximum atomic E-state index is 11.3. The Morgan fingerprint density at radius 3 is 3.00 bits per heavy atom. The van der Waals surface area contributed by atoms with Gasteiger partial charge in [0.25, 0.3) is 5.91 Å². The van der Waals surface area contributed by atoms with Gasteiger partial charge in [0.1, 0.15) is 0 Å². The van der Waals surface area contributed by atoms with Crippen molar-refractivity contribution in [2.45, 2.75) is 31.8 Å². The average Bonchev–Trinajstić information content (AvgIpc) is 2.18. The van der Waals surface area contributed by atoms with Gasteiger partial charge in [0.05, 0.1) is 11.3 Å². The fourth-order valence-corrected chi connectivity index (χ4v) is 1.81. The summed E-state index contributed by atoms with van der Waals surface area (Å²) in [5.41, 5.74) is 0. The summed E-state index contributed by atoms with van der Waals surface area (Å²) in [7, 11) is 1.68. The van der Waals surface area contributed by atoms with Crippen LogP contribution in [0.25, 0.3) is 0 Å². The molecule has 1 rings (SSSR count). The van der Waals surface area contributed by atoms with Gasteiger partial charge in [-0.05, 0) is 31.5 Å². The molecular weight excluding hydrogens is 186 g/mol. The van der Waals surface area contributed by atoms with Gasteiger partial charge in [0.2, 0.25) is 0 Å². The highest BCUT2D eigenvalue weighted by molar-refractivity contribution is 7.78. The minimum Gasteiger partial charge on any atom is -0.381 e. The van der Waals surface area contributed by atoms with Crippen molar-refractivity contribution in [3.8, 4) is 0 Å². The Morgan fingerprint density at radius 2 is 2.38 bits per heavy atom. The lowest BCUT2D eigenvalue weighted by molar-refractivity contribution is -0.123. The quantitative estimate of drug-likeness (QED) is 0.503. The van der Waals surface area contributed by atoms with Gasteiger partial charge < -0.3 is 4.74 Å². The van der Waals surface area contributed by atoms with Crippen LogP contribution in [0.5, 0.6) is 0 Å². The average molecular weight is 199 g/mol. The summed E-state index contributed by atoms with van der Waals surface area (Å²) in [4.78, 5) is 14.8. The van der Waals surface area contributed by atoms with Crippen molar-refractivity contribution in [1.82, 2.24) is 0 Å². The van der Waals surface area contributed by atoms with E-state index in [1.807, 2.05) is 0 Å². The van der Waals surface area contributed by atoms with Crippen LogP contribution in [-0.2, 0) is 9.53 Å². The molecule has 0 aliphatic heterocycles. The predicted molar refractivity (Wildman–Crippen MR) is 52.8 cm³/mol. The molecule has 0 bridgehead atoms. The van der Waals surface area contributed by atoms with Gasteiger partial charge >= 0.3 is 0 Å². The third-order valence-corrected chi connectivity index (χ3v) is 2.56. The number of carbonyl (C=O) groups excluding carboxylic acids is 1. The molecule has 0 aromatic carbocycles. The zero-order valence-corrected chi connectivity index (χ0v) is 8.47. The maximum Gasteiger partial charge on any atom is 0.257 e. The fourth-order valence-electron chi connectivity index (χ4n) is 1.72. The highest BCUT2D eigenvalue weighted by Gasteiger charge is 2.26. The number of thiocarbonyl (C=S) groups is 1. The lowest BCUT2D eigenvalue weighted by Gasteiger charge is -2.25. The van der Waals surface area contributed by atoms with Crippen molar-refractivity contribution in [1.29, 1.82) is 0 Å². The Labute approximate surface area is 83.2 Å². The molecule has 2 unspecified atom stereocenters. The SMILES string of the molecule is COC1CCCC(C(=O)N=C=S)C1. The van der Waals surface area contributed by atoms with Crippen LogP contribution in [-0.4, -0.2) is 24.3 Å². The molecule has 13 heavy (non-hydrogen) atoms. The third-order valence-electron chi connectivity index (χ3n) is 2.46. The van der Waals surface area contributed by atoms with Crippen LogP contribution in [0.15, 0.2) is 4.99 Å². The first-order valence-electron chi connectivity index (χ1n) is 4.42. The van der Waals surface area contributed by atoms with Crippen LogP contribution in [0.3, 0.4) is 0 Å². The van der Waals surface area contributed by atoms with Crippen molar-refractivity contribution in [3.63, 3.8) is 0 Å². The first-order chi connectivity index (χ1) is 6.27. The van der Waals surface area contributed by atoms with E-state index in [0.717, 1.165) is 25.7 Å². The van der Waals surface area contributed by atoms with Crippen LogP contribution >= 0.6 is 12.2 Å². The van der Waals surface area contributed by atoms with Gasteiger partial charge in [-0.25, -0.2) is 0 Å². The highest BCUT2D eigenvalue weighted by atomic mass is 32.1. The summed E-state index contributed by atoms with van der Waals surface area (Å²) < 4.78 is 5.21. The van der Waals surface area contributed by atoms with Gasteiger partial charge in [-0.15, -0.1) is 0 Å². The zero-order chi connectivity index (χ0) is 9.68. The van der Waals surface area contributed by atoms with E-state index in [2.05, 4.69) is 22.4 Å². The molecule has 1 aliphatic rings. The smallest absolute Gasteiger partial charge is 0.257 e. The minimum atomic E-state index is -0.142. The van der Waals surface area contributed by atoms with E-state index in [0.29, 0.717) is 0 Å². The Kier molecular flexibility index (Phi) is 4.22. The molecule has 1 fully saturated rings. The molecule has 1 amide bonds. The first-order valence-corrected chi connectivity index (χ1v) is 4.83. The van der Waals surface area contributed by atoms with Crippen molar-refractivity contribution >= 4 is 23.3 Å². The van der Waals surface area contributed by atoms with Gasteiger partial charge in [0.15, 0.2) is 0 Å². The fraction of sp³-hybridized carbons (Fsp3) is 0.778. The van der Waals surface area contributed by atoms with Crippen LogP contribution < -0.4 is 0 Å². The standard InChI is InChI=1S/C9H13NO2S/c1-12-8-4-2-3-7(5-8)9(11)10-6-13/h7-8H,2-5H2,1H3. The second-order valence-electron chi connectivity index (χ2n) is 3.26. The van der Waals surface area contributed by atoms with E-state index >= 15 is 0 Å². The summed E-state index contributed by atoms with van der Waals surface area (Å²) in [6.07, 6.45) is 3.96. The predicted octanol–water partition coefficient (Wildman–Crippen LogP) is 1.82. The number of nitrogens with zero attached hydrogens (tertiary/aromatic N) is 1. The summed E-state index contributed by atoms with van der Waals surface area (Å²) in [6, 6.07) is 0. The van der Waals surface area contributed by atoms with Gasteiger partial charge in [-0.2, -0.15) is 4.99 Å². The number of hydrogen-bond acceptors (Lipinski definition) is 3. The maximum absolute atomic E-state index is 11.3. The van der Waals surface area contributed by atoms with E-state index in [1.165, 1.54) is 0 Å². The molecule has 0 spiro atoms. The molecule has 0 aromatic heterocycles. The Bertz CT molecular complexity index is 236. The minimum absolute atomic E-state index is 0.00542. The van der Waals surface area contributed by atoms with Crippen LogP contribution in [0, 0.1) is 5.92 Å². The second kappa shape index (κ2) is 5.22. The number of isothiocyanates is 1. The summed E-state index contributed by atoms with van der Waals surface area (Å²) in [6.45, 7) is 0. The molecule has 2 atom stereocenters. The Balaban J connectivity index is 2.50. The number of ether oxygens (including phenoxy) is 1. The summed E-state index contributed by atoms with van der Waals surface area (Å²) >= 11 is 4.39. The van der Waals surface area contributed by atoms with E-state index in [9.17, 15) is 4.79 Å². The van der Waals surface area contributed by atoms with Crippen LogP contribution in [0.1, 0.15) is 25.7 Å². The summed E-state index contributed by atoms with van der Waals surface area (Å²) in [5, 5.41) is 2.12. The molecular formula is C9H13NO2S. The third kappa shape index (κ3) is 2.99. The molecule has 4 heteroatoms. The zero-order valence-electron chi connectivity index (χ0n) is 7.66. The van der Waals surface area contributed by atoms with Gasteiger partial charge in [-0.3, -0.25) is 4.79 Å². The van der Waals surface area contributed by atoms with E-state index < -0.39 is 0 Å². The normalized spacial score (nSPS) is 27.8. The number of aliphatic imine (C=N–C) groups is 1. The number of rotatable bonds is 2. The number of methoxy groups -OCH3 is 1. The van der Waals surface area contributed by atoms with Gasteiger partial charge in [-0.1, -0.05) is 6.42 Å². The highest BCUT2D eigenvalue weighted by Crippen LogP contribution is 2.26. The van der Waals surface area contributed by atoms with Gasteiger partial charge in [0, 0.05) is 13.0 Å². The number of amides is 1. The molecule has 1 saturated carbocycles. The van der Waals surface area contributed by atoms with Crippen LogP contribution in [0.4, 0.5) is 0 Å². The molecule has 3 nitrogen and oxygen atoms in total. The molecule has 1 aliphatic carbocycles. The van der Waals surface area contributed by atoms with Crippen molar-refractivity contribution in [3.05, 3.63) is 0 Å². The monoisotopic (exact) mass is 199 g/mol. The number of hydrogen-bond donors (Lipinski definition) is 0. The molecule has 0 N–H and O–H groups in total. The van der Waals surface area contributed by atoms with E-state index in [-0.39, 0.29) is 17.9 Å². The van der Waals surface area contributed by atoms with Crippen molar-refractivity contribution in [2.24, 2.45) is 10.9 Å². The van der Waals surface area contributed by atoms with Crippen molar-refractivity contribution in [2.75, 3.05) is 7.11 Å². The van der Waals surface area contributed by atoms with E-state index in [4.69, 9.17) is 4.74 Å². The Hall–Kier alpha value is -0.570. The van der Waals surface area contributed by atoms with Crippen molar-refractivity contribution < 1.29 is 9.53 Å². The summed E-state index contributed by atoms with van der Waals surface area (Å²) in [5.74, 6) is -0.147.